The number of rotatable bonds is 6. The molecule has 17 heavy (non-hydrogen) atoms. The minimum Gasteiger partial charge on any atom is -0.481 e. The third-order valence-corrected chi connectivity index (χ3v) is 3.03. The number of hydrogen-bond donors (Lipinski definition) is 1. The highest BCUT2D eigenvalue weighted by molar-refractivity contribution is 5.66. The Balaban J connectivity index is 1.92. The van der Waals surface area contributed by atoms with Crippen LogP contribution in [0.2, 0.25) is 0 Å². The Hall–Kier alpha value is -1.42. The van der Waals surface area contributed by atoms with E-state index in [0.29, 0.717) is 12.6 Å². The highest BCUT2D eigenvalue weighted by atomic mass is 16.4. The average Bonchev–Trinajstić information content (AvgIpc) is 3.10. The van der Waals surface area contributed by atoms with Crippen molar-refractivity contribution in [2.45, 2.75) is 38.8 Å². The summed E-state index contributed by atoms with van der Waals surface area (Å²) in [6, 6.07) is 4.64. The van der Waals surface area contributed by atoms with Crippen molar-refractivity contribution in [1.29, 1.82) is 0 Å². The standard InChI is InChI=1S/C13H18N2O2/c1-10-2-3-11(8-14-10)9-15(12-4-5-12)7-6-13(16)17/h2-3,8,12H,4-7,9H2,1H3,(H,16,17). The molecular weight excluding hydrogens is 216 g/mol. The summed E-state index contributed by atoms with van der Waals surface area (Å²) in [5.74, 6) is -0.724. The Kier molecular flexibility index (Phi) is 3.74. The van der Waals surface area contributed by atoms with E-state index in [9.17, 15) is 4.79 Å². The minimum atomic E-state index is -0.724. The van der Waals surface area contributed by atoms with Gasteiger partial charge in [0.05, 0.1) is 6.42 Å². The third kappa shape index (κ3) is 3.82. The summed E-state index contributed by atoms with van der Waals surface area (Å²) in [7, 11) is 0. The van der Waals surface area contributed by atoms with Gasteiger partial charge in [-0.3, -0.25) is 14.7 Å². The van der Waals surface area contributed by atoms with Crippen LogP contribution in [0.25, 0.3) is 0 Å². The topological polar surface area (TPSA) is 53.4 Å². The molecule has 2 rings (SSSR count). The molecule has 1 N–H and O–H groups in total. The Morgan fingerprint density at radius 1 is 1.53 bits per heavy atom. The second kappa shape index (κ2) is 5.27. The summed E-state index contributed by atoms with van der Waals surface area (Å²) < 4.78 is 0. The van der Waals surface area contributed by atoms with E-state index in [1.807, 2.05) is 19.2 Å². The number of carbonyl (C=O) groups is 1. The van der Waals surface area contributed by atoms with Gasteiger partial charge in [-0.1, -0.05) is 6.07 Å². The lowest BCUT2D eigenvalue weighted by Gasteiger charge is -2.20. The van der Waals surface area contributed by atoms with Gasteiger partial charge < -0.3 is 5.11 Å². The van der Waals surface area contributed by atoms with Crippen molar-refractivity contribution < 1.29 is 9.90 Å². The predicted molar refractivity (Wildman–Crippen MR) is 64.7 cm³/mol. The predicted octanol–water partition coefficient (Wildman–Crippen LogP) is 1.83. The van der Waals surface area contributed by atoms with Crippen LogP contribution in [-0.4, -0.2) is 33.5 Å². The SMILES string of the molecule is Cc1ccc(CN(CCC(=O)O)C2CC2)cn1. The molecule has 0 aliphatic heterocycles. The normalized spacial score (nSPS) is 15.2. The van der Waals surface area contributed by atoms with E-state index >= 15 is 0 Å². The first-order valence-corrected chi connectivity index (χ1v) is 6.02. The van der Waals surface area contributed by atoms with Gasteiger partial charge in [0.1, 0.15) is 0 Å². The van der Waals surface area contributed by atoms with Crippen LogP contribution in [-0.2, 0) is 11.3 Å². The van der Waals surface area contributed by atoms with Crippen LogP contribution < -0.4 is 0 Å². The summed E-state index contributed by atoms with van der Waals surface area (Å²) in [4.78, 5) is 17.1. The van der Waals surface area contributed by atoms with Crippen molar-refractivity contribution in [2.75, 3.05) is 6.54 Å². The Morgan fingerprint density at radius 2 is 2.29 bits per heavy atom. The lowest BCUT2D eigenvalue weighted by molar-refractivity contribution is -0.137. The molecule has 0 saturated heterocycles. The Morgan fingerprint density at radius 3 is 2.82 bits per heavy atom. The van der Waals surface area contributed by atoms with Crippen molar-refractivity contribution in [1.82, 2.24) is 9.88 Å². The quantitative estimate of drug-likeness (QED) is 0.816. The van der Waals surface area contributed by atoms with Crippen molar-refractivity contribution in [2.24, 2.45) is 0 Å². The highest BCUT2D eigenvalue weighted by Gasteiger charge is 2.28. The van der Waals surface area contributed by atoms with Gasteiger partial charge in [0, 0.05) is 31.0 Å². The maximum absolute atomic E-state index is 10.6. The summed E-state index contributed by atoms with van der Waals surface area (Å²) in [6.07, 6.45) is 4.49. The molecular formula is C13H18N2O2. The molecule has 0 unspecified atom stereocenters. The lowest BCUT2D eigenvalue weighted by Crippen LogP contribution is -2.28. The van der Waals surface area contributed by atoms with Gasteiger partial charge in [-0.15, -0.1) is 0 Å². The monoisotopic (exact) mass is 234 g/mol. The summed E-state index contributed by atoms with van der Waals surface area (Å²) in [6.45, 7) is 3.41. The van der Waals surface area contributed by atoms with Crippen molar-refractivity contribution in [3.8, 4) is 0 Å². The molecule has 4 nitrogen and oxygen atoms in total. The fourth-order valence-corrected chi connectivity index (χ4v) is 1.90. The van der Waals surface area contributed by atoms with Crippen LogP contribution in [0.5, 0.6) is 0 Å². The van der Waals surface area contributed by atoms with Gasteiger partial charge in [-0.25, -0.2) is 0 Å². The van der Waals surface area contributed by atoms with Gasteiger partial charge in [0.2, 0.25) is 0 Å². The van der Waals surface area contributed by atoms with Gasteiger partial charge in [0.15, 0.2) is 0 Å². The number of hydrogen-bond acceptors (Lipinski definition) is 3. The van der Waals surface area contributed by atoms with Crippen molar-refractivity contribution in [3.05, 3.63) is 29.6 Å². The zero-order chi connectivity index (χ0) is 12.3. The molecule has 1 aromatic heterocycles. The first kappa shape index (κ1) is 12.0. The van der Waals surface area contributed by atoms with Gasteiger partial charge in [0.25, 0.3) is 0 Å². The van der Waals surface area contributed by atoms with E-state index < -0.39 is 5.97 Å². The lowest BCUT2D eigenvalue weighted by atomic mass is 10.2. The zero-order valence-corrected chi connectivity index (χ0v) is 10.1. The van der Waals surface area contributed by atoms with Gasteiger partial charge in [-0.2, -0.15) is 0 Å². The number of aliphatic carboxylic acids is 1. The average molecular weight is 234 g/mol. The Bertz CT molecular complexity index is 385. The van der Waals surface area contributed by atoms with Crippen LogP contribution in [0.3, 0.4) is 0 Å². The summed E-state index contributed by atoms with van der Waals surface area (Å²) in [5.41, 5.74) is 2.17. The number of pyridine rings is 1. The highest BCUT2D eigenvalue weighted by Crippen LogP contribution is 2.28. The smallest absolute Gasteiger partial charge is 0.304 e. The van der Waals surface area contributed by atoms with Gasteiger partial charge in [-0.05, 0) is 31.4 Å². The Labute approximate surface area is 101 Å². The molecule has 0 radical (unpaired) electrons. The number of aromatic nitrogens is 1. The molecule has 1 fully saturated rings. The number of aryl methyl sites for hydroxylation is 1. The molecule has 1 saturated carbocycles. The van der Waals surface area contributed by atoms with E-state index in [1.54, 1.807) is 0 Å². The molecule has 1 aromatic rings. The van der Waals surface area contributed by atoms with Crippen LogP contribution in [0, 0.1) is 6.92 Å². The summed E-state index contributed by atoms with van der Waals surface area (Å²) in [5, 5.41) is 8.73. The van der Waals surface area contributed by atoms with E-state index in [0.717, 1.165) is 17.8 Å². The minimum absolute atomic E-state index is 0.218. The number of nitrogens with zero attached hydrogens (tertiary/aromatic N) is 2. The van der Waals surface area contributed by atoms with E-state index in [2.05, 4.69) is 16.0 Å². The van der Waals surface area contributed by atoms with E-state index in [4.69, 9.17) is 5.11 Å². The molecule has 0 amide bonds. The zero-order valence-electron chi connectivity index (χ0n) is 10.1. The third-order valence-electron chi connectivity index (χ3n) is 3.03. The molecule has 1 aliphatic carbocycles. The van der Waals surface area contributed by atoms with Crippen molar-refractivity contribution in [3.63, 3.8) is 0 Å². The first-order chi connectivity index (χ1) is 8.15. The second-order valence-electron chi connectivity index (χ2n) is 4.65. The van der Waals surface area contributed by atoms with E-state index in [-0.39, 0.29) is 6.42 Å². The molecule has 0 bridgehead atoms. The molecule has 0 spiro atoms. The largest absolute Gasteiger partial charge is 0.481 e. The van der Waals surface area contributed by atoms with Crippen LogP contribution in [0.4, 0.5) is 0 Å². The second-order valence-corrected chi connectivity index (χ2v) is 4.65. The fraction of sp³-hybridized carbons (Fsp3) is 0.538. The van der Waals surface area contributed by atoms with Crippen LogP contribution >= 0.6 is 0 Å². The van der Waals surface area contributed by atoms with Crippen molar-refractivity contribution >= 4 is 5.97 Å². The van der Waals surface area contributed by atoms with Crippen LogP contribution in [0.15, 0.2) is 18.3 Å². The maximum Gasteiger partial charge on any atom is 0.304 e. The first-order valence-electron chi connectivity index (χ1n) is 6.02. The van der Waals surface area contributed by atoms with E-state index in [1.165, 1.54) is 12.8 Å². The molecule has 1 aliphatic rings. The molecule has 4 heteroatoms. The molecule has 0 atom stereocenters. The molecule has 1 heterocycles. The fourth-order valence-electron chi connectivity index (χ4n) is 1.90. The number of carboxylic acid groups (broad SMARTS) is 1. The van der Waals surface area contributed by atoms with Gasteiger partial charge >= 0.3 is 5.97 Å². The maximum atomic E-state index is 10.6. The summed E-state index contributed by atoms with van der Waals surface area (Å²) >= 11 is 0. The number of carboxylic acids is 1. The van der Waals surface area contributed by atoms with Crippen LogP contribution in [0.1, 0.15) is 30.5 Å². The molecule has 92 valence electrons. The molecule has 0 aromatic carbocycles.